The first-order valence-electron chi connectivity index (χ1n) is 5.74. The van der Waals surface area contributed by atoms with Crippen LogP contribution in [0.15, 0.2) is 18.7 Å². The Bertz CT molecular complexity index is 343. The fourth-order valence-corrected chi connectivity index (χ4v) is 1.85. The van der Waals surface area contributed by atoms with Gasteiger partial charge in [0, 0.05) is 30.7 Å². The Kier molecular flexibility index (Phi) is 5.18. The quantitative estimate of drug-likeness (QED) is 0.848. The van der Waals surface area contributed by atoms with E-state index in [9.17, 15) is 4.79 Å². The summed E-state index contributed by atoms with van der Waals surface area (Å²) in [6.45, 7) is 7.13. The number of imidazole rings is 1. The molecule has 0 saturated carbocycles. The molecule has 96 valence electrons. The lowest BCUT2D eigenvalue weighted by Gasteiger charge is -2.31. The lowest BCUT2D eigenvalue weighted by molar-refractivity contribution is -0.122. The highest BCUT2D eigenvalue weighted by Gasteiger charge is 2.26. The van der Waals surface area contributed by atoms with Crippen LogP contribution in [0.2, 0.25) is 0 Å². The van der Waals surface area contributed by atoms with Gasteiger partial charge in [0.25, 0.3) is 0 Å². The number of aromatic nitrogens is 2. The maximum atomic E-state index is 11.7. The molecule has 0 spiro atoms. The molecule has 4 nitrogen and oxygen atoms in total. The first-order valence-corrected chi connectivity index (χ1v) is 6.86. The van der Waals surface area contributed by atoms with Crippen LogP contribution in [0, 0.1) is 5.41 Å². The third kappa shape index (κ3) is 4.89. The Morgan fingerprint density at radius 1 is 1.53 bits per heavy atom. The number of alkyl halides is 1. The molecule has 1 unspecified atom stereocenters. The van der Waals surface area contributed by atoms with Crippen molar-refractivity contribution in [3.63, 3.8) is 0 Å². The summed E-state index contributed by atoms with van der Waals surface area (Å²) in [5, 5.41) is 3.77. The van der Waals surface area contributed by atoms with Crippen molar-refractivity contribution in [3.05, 3.63) is 18.7 Å². The zero-order chi connectivity index (χ0) is 12.9. The molecule has 0 aliphatic heterocycles. The molecule has 0 aliphatic rings. The molecule has 1 atom stereocenters. The van der Waals surface area contributed by atoms with Crippen LogP contribution in [-0.4, -0.2) is 26.8 Å². The number of hydrogen-bond donors (Lipinski definition) is 1. The highest BCUT2D eigenvalue weighted by molar-refractivity contribution is 9.09. The van der Waals surface area contributed by atoms with Crippen LogP contribution in [0.25, 0.3) is 0 Å². The van der Waals surface area contributed by atoms with Gasteiger partial charge in [-0.1, -0.05) is 36.7 Å². The van der Waals surface area contributed by atoms with Gasteiger partial charge in [0.1, 0.15) is 0 Å². The van der Waals surface area contributed by atoms with Gasteiger partial charge in [0.05, 0.1) is 12.4 Å². The molecule has 1 aromatic rings. The van der Waals surface area contributed by atoms with Gasteiger partial charge in [-0.3, -0.25) is 4.79 Å². The topological polar surface area (TPSA) is 46.9 Å². The number of halogens is 1. The van der Waals surface area contributed by atoms with E-state index >= 15 is 0 Å². The minimum Gasteiger partial charge on any atom is -0.351 e. The number of hydrogen-bond acceptors (Lipinski definition) is 2. The van der Waals surface area contributed by atoms with Gasteiger partial charge in [-0.25, -0.2) is 4.98 Å². The van der Waals surface area contributed by atoms with E-state index in [1.165, 1.54) is 0 Å². The number of rotatable bonds is 5. The van der Waals surface area contributed by atoms with Crippen LogP contribution in [0.1, 0.15) is 27.2 Å². The Morgan fingerprint density at radius 3 is 2.71 bits per heavy atom. The fraction of sp³-hybridized carbons (Fsp3) is 0.667. The third-order valence-electron chi connectivity index (χ3n) is 2.65. The lowest BCUT2D eigenvalue weighted by Crippen LogP contribution is -2.46. The smallest absolute Gasteiger partial charge is 0.221 e. The number of nitrogens with zero attached hydrogens (tertiary/aromatic N) is 2. The zero-order valence-electron chi connectivity index (χ0n) is 10.6. The summed E-state index contributed by atoms with van der Waals surface area (Å²) in [6.07, 6.45) is 5.95. The van der Waals surface area contributed by atoms with E-state index in [-0.39, 0.29) is 17.4 Å². The van der Waals surface area contributed by atoms with Crippen LogP contribution in [0.4, 0.5) is 0 Å². The monoisotopic (exact) mass is 301 g/mol. The molecule has 0 saturated heterocycles. The number of amides is 1. The highest BCUT2D eigenvalue weighted by Crippen LogP contribution is 2.20. The summed E-state index contributed by atoms with van der Waals surface area (Å²) in [7, 11) is 0. The third-order valence-corrected chi connectivity index (χ3v) is 3.05. The van der Waals surface area contributed by atoms with Gasteiger partial charge in [-0.2, -0.15) is 0 Å². The molecule has 0 bridgehead atoms. The fourth-order valence-electron chi connectivity index (χ4n) is 1.49. The average molecular weight is 302 g/mol. The summed E-state index contributed by atoms with van der Waals surface area (Å²) in [5.41, 5.74) is 0.0201. The van der Waals surface area contributed by atoms with Crippen molar-refractivity contribution in [1.82, 2.24) is 14.9 Å². The van der Waals surface area contributed by atoms with Crippen molar-refractivity contribution in [2.75, 3.05) is 5.33 Å². The van der Waals surface area contributed by atoms with Crippen LogP contribution in [0.5, 0.6) is 0 Å². The molecular weight excluding hydrogens is 282 g/mol. The molecule has 1 heterocycles. The Labute approximate surface area is 111 Å². The maximum absolute atomic E-state index is 11.7. The molecule has 0 fully saturated rings. The van der Waals surface area contributed by atoms with Crippen molar-refractivity contribution >= 4 is 21.8 Å². The van der Waals surface area contributed by atoms with Gasteiger partial charge < -0.3 is 9.88 Å². The molecule has 17 heavy (non-hydrogen) atoms. The highest BCUT2D eigenvalue weighted by atomic mass is 79.9. The van der Waals surface area contributed by atoms with E-state index in [1.54, 1.807) is 12.5 Å². The van der Waals surface area contributed by atoms with Crippen LogP contribution in [-0.2, 0) is 11.3 Å². The van der Waals surface area contributed by atoms with Crippen molar-refractivity contribution < 1.29 is 4.79 Å². The molecule has 1 rings (SSSR count). The first-order chi connectivity index (χ1) is 7.93. The average Bonchev–Trinajstić information content (AvgIpc) is 2.68. The van der Waals surface area contributed by atoms with E-state index in [0.29, 0.717) is 11.8 Å². The summed E-state index contributed by atoms with van der Waals surface area (Å²) in [4.78, 5) is 15.7. The molecule has 0 radical (unpaired) electrons. The second-order valence-corrected chi connectivity index (χ2v) is 5.98. The number of carbonyl (C=O) groups excluding carboxylic acids is 1. The van der Waals surface area contributed by atoms with Crippen LogP contribution < -0.4 is 5.32 Å². The summed E-state index contributed by atoms with van der Waals surface area (Å²) in [5.74, 6) is 0.0851. The molecule has 5 heteroatoms. The van der Waals surface area contributed by atoms with Crippen LogP contribution >= 0.6 is 15.9 Å². The summed E-state index contributed by atoms with van der Waals surface area (Å²) < 4.78 is 1.99. The Morgan fingerprint density at radius 2 is 2.24 bits per heavy atom. The molecule has 1 aromatic heterocycles. The van der Waals surface area contributed by atoms with E-state index < -0.39 is 0 Å². The van der Waals surface area contributed by atoms with Crippen molar-refractivity contribution in [2.24, 2.45) is 5.41 Å². The van der Waals surface area contributed by atoms with Crippen LogP contribution in [0.3, 0.4) is 0 Å². The first kappa shape index (κ1) is 14.2. The SMILES string of the molecule is CC(C)(C)C(Cn1ccnc1)NC(=O)CCBr. The molecule has 1 amide bonds. The van der Waals surface area contributed by atoms with E-state index in [1.807, 2.05) is 10.8 Å². The standard InChI is InChI=1S/C12H20BrN3O/c1-12(2,3)10(15-11(17)4-5-13)8-16-7-6-14-9-16/h6-7,9-10H,4-5,8H2,1-3H3,(H,15,17). The second-order valence-electron chi connectivity index (χ2n) is 5.18. The minimum absolute atomic E-state index is 0.0201. The van der Waals surface area contributed by atoms with Crippen molar-refractivity contribution in [2.45, 2.75) is 39.8 Å². The van der Waals surface area contributed by atoms with E-state index in [4.69, 9.17) is 0 Å². The van der Waals surface area contributed by atoms with E-state index in [0.717, 1.165) is 6.54 Å². The van der Waals surface area contributed by atoms with Gasteiger partial charge in [-0.15, -0.1) is 0 Å². The predicted octanol–water partition coefficient (Wildman–Crippen LogP) is 2.20. The normalized spacial score (nSPS) is 13.4. The maximum Gasteiger partial charge on any atom is 0.221 e. The number of carbonyl (C=O) groups is 1. The zero-order valence-corrected chi connectivity index (χ0v) is 12.2. The summed E-state index contributed by atoms with van der Waals surface area (Å²) >= 11 is 3.27. The number of nitrogens with one attached hydrogen (secondary N) is 1. The Balaban J connectivity index is 2.65. The Hall–Kier alpha value is -0.840. The lowest BCUT2D eigenvalue weighted by atomic mass is 9.86. The molecule has 0 aromatic carbocycles. The molecule has 0 aliphatic carbocycles. The van der Waals surface area contributed by atoms with Crippen molar-refractivity contribution in [1.29, 1.82) is 0 Å². The van der Waals surface area contributed by atoms with E-state index in [2.05, 4.69) is 47.0 Å². The largest absolute Gasteiger partial charge is 0.351 e. The second kappa shape index (κ2) is 6.19. The minimum atomic E-state index is 0.0201. The van der Waals surface area contributed by atoms with Gasteiger partial charge >= 0.3 is 0 Å². The van der Waals surface area contributed by atoms with Gasteiger partial charge in [0.2, 0.25) is 5.91 Å². The molecular formula is C12H20BrN3O. The summed E-state index contributed by atoms with van der Waals surface area (Å²) in [6, 6.07) is 0.100. The predicted molar refractivity (Wildman–Crippen MR) is 72.0 cm³/mol. The molecule has 1 N–H and O–H groups in total. The van der Waals surface area contributed by atoms with Gasteiger partial charge in [-0.05, 0) is 5.41 Å². The van der Waals surface area contributed by atoms with Crippen molar-refractivity contribution in [3.8, 4) is 0 Å². The van der Waals surface area contributed by atoms with Gasteiger partial charge in [0.15, 0.2) is 0 Å².